The minimum Gasteiger partial charge on any atom is -0.395 e. The fourth-order valence-corrected chi connectivity index (χ4v) is 4.17. The number of aryl methyl sites for hydroxylation is 1. The van der Waals surface area contributed by atoms with E-state index in [4.69, 9.17) is 11.6 Å². The Labute approximate surface area is 188 Å². The first kappa shape index (κ1) is 20.6. The number of hydrogen-bond donors (Lipinski definition) is 3. The third-order valence-electron chi connectivity index (χ3n) is 5.38. The van der Waals surface area contributed by atoms with Crippen LogP contribution in [-0.2, 0) is 5.41 Å². The van der Waals surface area contributed by atoms with E-state index >= 15 is 0 Å². The maximum atomic E-state index is 9.90. The van der Waals surface area contributed by atoms with Gasteiger partial charge in [-0.1, -0.05) is 18.5 Å². The van der Waals surface area contributed by atoms with Crippen LogP contribution in [-0.4, -0.2) is 28.2 Å². The Bertz CT molecular complexity index is 1190. The minimum absolute atomic E-state index is 0.0124. The highest BCUT2D eigenvalue weighted by Crippen LogP contribution is 2.41. The van der Waals surface area contributed by atoms with E-state index in [1.807, 2.05) is 38.1 Å². The molecule has 1 aliphatic rings. The van der Waals surface area contributed by atoms with Crippen LogP contribution in [0, 0.1) is 18.3 Å². The zero-order chi connectivity index (χ0) is 21.5. The monoisotopic (exact) mass is 483 g/mol. The second-order valence-electron chi connectivity index (χ2n) is 7.60. The van der Waals surface area contributed by atoms with Gasteiger partial charge in [-0.3, -0.25) is 0 Å². The molecule has 0 spiro atoms. The van der Waals surface area contributed by atoms with Crippen molar-refractivity contribution in [2.45, 2.75) is 19.3 Å². The van der Waals surface area contributed by atoms with Crippen molar-refractivity contribution in [3.8, 4) is 17.3 Å². The fourth-order valence-electron chi connectivity index (χ4n) is 3.55. The van der Waals surface area contributed by atoms with Gasteiger partial charge in [0, 0.05) is 33.9 Å². The molecular weight excluding hydrogens is 466 g/mol. The standard InChI is InChI=1S/C22H19BrClN5O/c1-12-5-16(23)17(24)8-19(12)29-21-26-4-3-18(28-21)13-6-14(9-25)20-15(7-13)22(2,11-30)10-27-20/h3-8,27,30H,10-11H2,1-2H3,(H,26,28,29). The van der Waals surface area contributed by atoms with Crippen molar-refractivity contribution in [2.75, 3.05) is 23.8 Å². The highest BCUT2D eigenvalue weighted by molar-refractivity contribution is 9.10. The predicted molar refractivity (Wildman–Crippen MR) is 122 cm³/mol. The van der Waals surface area contributed by atoms with Crippen LogP contribution in [0.3, 0.4) is 0 Å². The van der Waals surface area contributed by atoms with Crippen molar-refractivity contribution in [2.24, 2.45) is 0 Å². The van der Waals surface area contributed by atoms with Crippen molar-refractivity contribution in [1.82, 2.24) is 9.97 Å². The van der Waals surface area contributed by atoms with E-state index in [1.165, 1.54) is 0 Å². The molecule has 2 aromatic carbocycles. The SMILES string of the molecule is Cc1cc(Br)c(Cl)cc1Nc1nccc(-c2cc(C#N)c3c(c2)C(C)(CO)CN3)n1. The van der Waals surface area contributed by atoms with Crippen LogP contribution in [0.5, 0.6) is 0 Å². The molecule has 3 aromatic rings. The zero-order valence-corrected chi connectivity index (χ0v) is 18.8. The molecule has 8 heteroatoms. The van der Waals surface area contributed by atoms with Crippen molar-refractivity contribution in [3.05, 3.63) is 62.7 Å². The van der Waals surface area contributed by atoms with Gasteiger partial charge in [0.2, 0.25) is 5.95 Å². The van der Waals surface area contributed by atoms with Crippen molar-refractivity contribution < 1.29 is 5.11 Å². The van der Waals surface area contributed by atoms with Gasteiger partial charge in [-0.05, 0) is 64.3 Å². The molecule has 0 radical (unpaired) electrons. The molecule has 0 saturated carbocycles. The van der Waals surface area contributed by atoms with Crippen LogP contribution >= 0.6 is 27.5 Å². The van der Waals surface area contributed by atoms with E-state index in [0.717, 1.165) is 32.5 Å². The lowest BCUT2D eigenvalue weighted by Gasteiger charge is -2.21. The summed E-state index contributed by atoms with van der Waals surface area (Å²) in [5.74, 6) is 0.427. The minimum atomic E-state index is -0.448. The van der Waals surface area contributed by atoms with Gasteiger partial charge in [0.05, 0.1) is 28.6 Å². The first-order valence-electron chi connectivity index (χ1n) is 9.34. The smallest absolute Gasteiger partial charge is 0.227 e. The maximum Gasteiger partial charge on any atom is 0.227 e. The second-order valence-corrected chi connectivity index (χ2v) is 8.86. The molecule has 0 bridgehead atoms. The van der Waals surface area contributed by atoms with Gasteiger partial charge in [-0.25, -0.2) is 9.97 Å². The van der Waals surface area contributed by atoms with E-state index in [-0.39, 0.29) is 6.61 Å². The molecule has 30 heavy (non-hydrogen) atoms. The number of nitrogens with zero attached hydrogens (tertiary/aromatic N) is 3. The Morgan fingerprint density at radius 2 is 2.17 bits per heavy atom. The van der Waals surface area contributed by atoms with Gasteiger partial charge in [-0.2, -0.15) is 5.26 Å². The highest BCUT2D eigenvalue weighted by Gasteiger charge is 2.35. The number of nitriles is 1. The molecule has 0 aliphatic carbocycles. The average Bonchev–Trinajstić information content (AvgIpc) is 3.09. The molecule has 0 saturated heterocycles. The number of aliphatic hydroxyl groups excluding tert-OH is 1. The maximum absolute atomic E-state index is 9.90. The number of fused-ring (bicyclic) bond motifs is 1. The highest BCUT2D eigenvalue weighted by atomic mass is 79.9. The van der Waals surface area contributed by atoms with Gasteiger partial charge >= 0.3 is 0 Å². The average molecular weight is 485 g/mol. The summed E-state index contributed by atoms with van der Waals surface area (Å²) >= 11 is 9.64. The Morgan fingerprint density at radius 3 is 2.90 bits per heavy atom. The first-order valence-corrected chi connectivity index (χ1v) is 10.5. The fraction of sp³-hybridized carbons (Fsp3) is 0.227. The molecule has 0 amide bonds. The summed E-state index contributed by atoms with van der Waals surface area (Å²) in [7, 11) is 0. The van der Waals surface area contributed by atoms with Crippen LogP contribution in [0.15, 0.2) is 41.0 Å². The molecular formula is C22H19BrClN5O. The van der Waals surface area contributed by atoms with Gasteiger partial charge in [0.15, 0.2) is 0 Å². The number of benzene rings is 2. The third kappa shape index (κ3) is 3.63. The normalized spacial score (nSPS) is 17.2. The largest absolute Gasteiger partial charge is 0.395 e. The first-order chi connectivity index (χ1) is 14.3. The van der Waals surface area contributed by atoms with Crippen LogP contribution < -0.4 is 10.6 Å². The number of rotatable bonds is 4. The topological polar surface area (TPSA) is 93.9 Å². The summed E-state index contributed by atoms with van der Waals surface area (Å²) in [6.07, 6.45) is 1.67. The number of hydrogen-bond acceptors (Lipinski definition) is 6. The quantitative estimate of drug-likeness (QED) is 0.474. The van der Waals surface area contributed by atoms with Crippen LogP contribution in [0.25, 0.3) is 11.3 Å². The summed E-state index contributed by atoms with van der Waals surface area (Å²) in [6.45, 7) is 4.51. The molecule has 152 valence electrons. The molecule has 2 heterocycles. The lowest BCUT2D eigenvalue weighted by Crippen LogP contribution is -2.28. The van der Waals surface area contributed by atoms with Crippen molar-refractivity contribution in [3.63, 3.8) is 0 Å². The molecule has 1 aromatic heterocycles. The number of nitrogens with one attached hydrogen (secondary N) is 2. The van der Waals surface area contributed by atoms with Crippen molar-refractivity contribution >= 4 is 44.9 Å². The number of halogens is 2. The van der Waals surface area contributed by atoms with E-state index in [0.29, 0.717) is 28.8 Å². The summed E-state index contributed by atoms with van der Waals surface area (Å²) in [4.78, 5) is 8.96. The third-order valence-corrected chi connectivity index (χ3v) is 6.58. The number of aliphatic hydroxyl groups is 1. The number of anilines is 3. The van der Waals surface area contributed by atoms with E-state index in [2.05, 4.69) is 42.6 Å². The van der Waals surface area contributed by atoms with Crippen LogP contribution in [0.1, 0.15) is 23.6 Å². The Morgan fingerprint density at radius 1 is 1.37 bits per heavy atom. The lowest BCUT2D eigenvalue weighted by atomic mass is 9.83. The molecule has 3 N–H and O–H groups in total. The zero-order valence-electron chi connectivity index (χ0n) is 16.4. The molecule has 1 aliphatic heterocycles. The van der Waals surface area contributed by atoms with Gasteiger partial charge in [-0.15, -0.1) is 0 Å². The molecule has 1 atom stereocenters. The number of aromatic nitrogens is 2. The Hall–Kier alpha value is -2.66. The molecule has 1 unspecified atom stereocenters. The Kier molecular flexibility index (Phi) is 5.41. The van der Waals surface area contributed by atoms with Gasteiger partial charge in [0.1, 0.15) is 6.07 Å². The molecule has 4 rings (SSSR count). The summed E-state index contributed by atoms with van der Waals surface area (Å²) in [6, 6.07) is 11.6. The van der Waals surface area contributed by atoms with Gasteiger partial charge in [0.25, 0.3) is 0 Å². The molecule has 6 nitrogen and oxygen atoms in total. The van der Waals surface area contributed by atoms with Gasteiger partial charge < -0.3 is 15.7 Å². The predicted octanol–water partition coefficient (Wildman–Crippen LogP) is 5.16. The second kappa shape index (κ2) is 7.88. The summed E-state index contributed by atoms with van der Waals surface area (Å²) < 4.78 is 0.824. The van der Waals surface area contributed by atoms with E-state index < -0.39 is 5.41 Å². The van der Waals surface area contributed by atoms with E-state index in [9.17, 15) is 10.4 Å². The lowest BCUT2D eigenvalue weighted by molar-refractivity contribution is 0.219. The van der Waals surface area contributed by atoms with Crippen LogP contribution in [0.4, 0.5) is 17.3 Å². The summed E-state index contributed by atoms with van der Waals surface area (Å²) in [5.41, 5.74) is 5.07. The van der Waals surface area contributed by atoms with E-state index in [1.54, 1.807) is 12.3 Å². The van der Waals surface area contributed by atoms with Crippen molar-refractivity contribution in [1.29, 1.82) is 5.26 Å². The Balaban J connectivity index is 1.74. The molecule has 0 fully saturated rings. The summed E-state index contributed by atoms with van der Waals surface area (Å²) in [5, 5.41) is 26.6. The van der Waals surface area contributed by atoms with Crippen LogP contribution in [0.2, 0.25) is 5.02 Å².